The normalized spacial score (nSPS) is 20.5. The van der Waals surface area contributed by atoms with Crippen molar-refractivity contribution in [2.75, 3.05) is 5.32 Å². The van der Waals surface area contributed by atoms with Crippen LogP contribution in [0.25, 0.3) is 0 Å². The topological polar surface area (TPSA) is 41.1 Å². The maximum atomic E-state index is 11.3. The molecule has 1 saturated carbocycles. The Morgan fingerprint density at radius 2 is 1.62 bits per heavy atom. The number of nitrogens with one attached hydrogen (secondary N) is 2. The van der Waals surface area contributed by atoms with Gasteiger partial charge in [-0.15, -0.1) is 0 Å². The van der Waals surface area contributed by atoms with Crippen LogP contribution in [0.4, 0.5) is 5.69 Å². The van der Waals surface area contributed by atoms with Gasteiger partial charge in [0.2, 0.25) is 5.91 Å². The van der Waals surface area contributed by atoms with E-state index >= 15 is 0 Å². The number of para-hydroxylation sites is 1. The summed E-state index contributed by atoms with van der Waals surface area (Å²) in [6, 6.07) is 19.5. The molecular formula is C21H26N2O. The highest BCUT2D eigenvalue weighted by Crippen LogP contribution is 2.32. The molecule has 24 heavy (non-hydrogen) atoms. The second-order valence-corrected chi connectivity index (χ2v) is 6.68. The molecule has 1 aliphatic rings. The second-order valence-electron chi connectivity index (χ2n) is 6.68. The third-order valence-electron chi connectivity index (χ3n) is 4.91. The summed E-state index contributed by atoms with van der Waals surface area (Å²) in [7, 11) is 0. The Morgan fingerprint density at radius 3 is 2.33 bits per heavy atom. The van der Waals surface area contributed by atoms with E-state index < -0.39 is 0 Å². The summed E-state index contributed by atoms with van der Waals surface area (Å²) in [4.78, 5) is 11.3. The van der Waals surface area contributed by atoms with Crippen LogP contribution in [0.2, 0.25) is 0 Å². The number of rotatable bonds is 5. The predicted molar refractivity (Wildman–Crippen MR) is 99.0 cm³/mol. The van der Waals surface area contributed by atoms with Gasteiger partial charge in [-0.25, -0.2) is 0 Å². The van der Waals surface area contributed by atoms with Crippen molar-refractivity contribution in [2.45, 2.75) is 51.1 Å². The second kappa shape index (κ2) is 8.11. The van der Waals surface area contributed by atoms with Gasteiger partial charge >= 0.3 is 0 Å². The van der Waals surface area contributed by atoms with Gasteiger partial charge in [0.15, 0.2) is 0 Å². The smallest absolute Gasteiger partial charge is 0.221 e. The summed E-state index contributed by atoms with van der Waals surface area (Å²) < 4.78 is 0. The van der Waals surface area contributed by atoms with E-state index in [4.69, 9.17) is 0 Å². The van der Waals surface area contributed by atoms with Gasteiger partial charge in [-0.1, -0.05) is 48.5 Å². The SMILES string of the molecule is CC(=O)Nc1ccccc1CNC1CCC(c2ccccc2)CC1. The van der Waals surface area contributed by atoms with Crippen LogP contribution in [0.1, 0.15) is 49.7 Å². The zero-order valence-electron chi connectivity index (χ0n) is 14.3. The number of benzene rings is 2. The molecule has 1 amide bonds. The van der Waals surface area contributed by atoms with Gasteiger partial charge in [-0.3, -0.25) is 4.79 Å². The first-order valence-electron chi connectivity index (χ1n) is 8.86. The molecule has 2 aromatic rings. The maximum Gasteiger partial charge on any atom is 0.221 e. The quantitative estimate of drug-likeness (QED) is 0.853. The monoisotopic (exact) mass is 322 g/mol. The highest BCUT2D eigenvalue weighted by molar-refractivity contribution is 5.89. The minimum Gasteiger partial charge on any atom is -0.326 e. The summed E-state index contributed by atoms with van der Waals surface area (Å²) in [6.07, 6.45) is 4.91. The minimum atomic E-state index is -0.0224. The molecule has 0 aliphatic heterocycles. The Balaban J connectivity index is 1.51. The average Bonchev–Trinajstić information content (AvgIpc) is 2.62. The molecule has 2 N–H and O–H groups in total. The van der Waals surface area contributed by atoms with Crippen molar-refractivity contribution >= 4 is 11.6 Å². The van der Waals surface area contributed by atoms with Crippen LogP contribution < -0.4 is 10.6 Å². The van der Waals surface area contributed by atoms with Gasteiger partial charge in [-0.05, 0) is 48.8 Å². The lowest BCUT2D eigenvalue weighted by Crippen LogP contribution is -2.32. The van der Waals surface area contributed by atoms with Crippen LogP contribution in [0.15, 0.2) is 54.6 Å². The Bertz CT molecular complexity index is 661. The van der Waals surface area contributed by atoms with Crippen LogP contribution >= 0.6 is 0 Å². The number of hydrogen-bond acceptors (Lipinski definition) is 2. The molecule has 0 aromatic heterocycles. The predicted octanol–water partition coefficient (Wildman–Crippen LogP) is 4.46. The average molecular weight is 322 g/mol. The molecule has 0 radical (unpaired) electrons. The van der Waals surface area contributed by atoms with Crippen molar-refractivity contribution in [2.24, 2.45) is 0 Å². The first-order valence-corrected chi connectivity index (χ1v) is 8.86. The number of anilines is 1. The van der Waals surface area contributed by atoms with Gasteiger partial charge in [-0.2, -0.15) is 0 Å². The van der Waals surface area contributed by atoms with Crippen molar-refractivity contribution in [3.63, 3.8) is 0 Å². The molecule has 3 rings (SSSR count). The number of carbonyl (C=O) groups excluding carboxylic acids is 1. The van der Waals surface area contributed by atoms with Gasteiger partial charge in [0.05, 0.1) is 0 Å². The van der Waals surface area contributed by atoms with Crippen LogP contribution in [-0.4, -0.2) is 11.9 Å². The number of amides is 1. The zero-order valence-corrected chi connectivity index (χ0v) is 14.3. The standard InChI is InChI=1S/C21H26N2O/c1-16(24)23-21-10-6-5-9-19(21)15-22-20-13-11-18(12-14-20)17-7-3-2-4-8-17/h2-10,18,20,22H,11-15H2,1H3,(H,23,24). The van der Waals surface area contributed by atoms with Crippen LogP contribution in [0, 0.1) is 0 Å². The van der Waals surface area contributed by atoms with Gasteiger partial charge in [0.25, 0.3) is 0 Å². The summed E-state index contributed by atoms with van der Waals surface area (Å²) in [5.74, 6) is 0.682. The van der Waals surface area contributed by atoms with E-state index in [0.29, 0.717) is 12.0 Å². The molecule has 0 saturated heterocycles. The summed E-state index contributed by atoms with van der Waals surface area (Å²) in [5.41, 5.74) is 3.54. The van der Waals surface area contributed by atoms with Gasteiger partial charge < -0.3 is 10.6 Å². The third-order valence-corrected chi connectivity index (χ3v) is 4.91. The van der Waals surface area contributed by atoms with Crippen molar-refractivity contribution in [3.8, 4) is 0 Å². The molecule has 3 nitrogen and oxygen atoms in total. The summed E-state index contributed by atoms with van der Waals surface area (Å²) in [6.45, 7) is 2.35. The summed E-state index contributed by atoms with van der Waals surface area (Å²) >= 11 is 0. The lowest BCUT2D eigenvalue weighted by atomic mass is 9.82. The summed E-state index contributed by atoms with van der Waals surface area (Å²) in [5, 5.41) is 6.58. The highest BCUT2D eigenvalue weighted by atomic mass is 16.1. The van der Waals surface area contributed by atoms with Crippen LogP contribution in [0.3, 0.4) is 0 Å². The molecule has 0 unspecified atom stereocenters. The largest absolute Gasteiger partial charge is 0.326 e. The lowest BCUT2D eigenvalue weighted by molar-refractivity contribution is -0.114. The Labute approximate surface area is 144 Å². The molecule has 0 atom stereocenters. The molecule has 2 aromatic carbocycles. The van der Waals surface area contributed by atoms with Crippen LogP contribution in [-0.2, 0) is 11.3 Å². The zero-order chi connectivity index (χ0) is 16.8. The first kappa shape index (κ1) is 16.7. The molecule has 1 aliphatic carbocycles. The Kier molecular flexibility index (Phi) is 5.65. The van der Waals surface area contributed by atoms with Gasteiger partial charge in [0, 0.05) is 25.2 Å². The molecule has 0 spiro atoms. The van der Waals surface area contributed by atoms with E-state index in [1.165, 1.54) is 31.2 Å². The van der Waals surface area contributed by atoms with E-state index in [-0.39, 0.29) is 5.91 Å². The van der Waals surface area contributed by atoms with Crippen molar-refractivity contribution in [1.82, 2.24) is 5.32 Å². The fraction of sp³-hybridized carbons (Fsp3) is 0.381. The fourth-order valence-electron chi connectivity index (χ4n) is 3.60. The van der Waals surface area contributed by atoms with Crippen LogP contribution in [0.5, 0.6) is 0 Å². The molecule has 0 bridgehead atoms. The van der Waals surface area contributed by atoms with E-state index in [0.717, 1.165) is 17.8 Å². The van der Waals surface area contributed by atoms with Gasteiger partial charge in [0.1, 0.15) is 0 Å². The van der Waals surface area contributed by atoms with E-state index in [1.807, 2.05) is 18.2 Å². The van der Waals surface area contributed by atoms with E-state index in [9.17, 15) is 4.79 Å². The van der Waals surface area contributed by atoms with Crippen molar-refractivity contribution in [1.29, 1.82) is 0 Å². The van der Waals surface area contributed by atoms with E-state index in [2.05, 4.69) is 47.0 Å². The third kappa shape index (κ3) is 4.45. The lowest BCUT2D eigenvalue weighted by Gasteiger charge is -2.29. The van der Waals surface area contributed by atoms with Crippen molar-refractivity contribution < 1.29 is 4.79 Å². The molecule has 0 heterocycles. The maximum absolute atomic E-state index is 11.3. The first-order chi connectivity index (χ1) is 11.7. The fourth-order valence-corrected chi connectivity index (χ4v) is 3.60. The Hall–Kier alpha value is -2.13. The minimum absolute atomic E-state index is 0.0224. The number of hydrogen-bond donors (Lipinski definition) is 2. The highest BCUT2D eigenvalue weighted by Gasteiger charge is 2.22. The molecule has 3 heteroatoms. The molecular weight excluding hydrogens is 296 g/mol. The Morgan fingerprint density at radius 1 is 0.958 bits per heavy atom. The van der Waals surface area contributed by atoms with Crippen molar-refractivity contribution in [3.05, 3.63) is 65.7 Å². The molecule has 126 valence electrons. The number of carbonyl (C=O) groups is 1. The van der Waals surface area contributed by atoms with E-state index in [1.54, 1.807) is 6.92 Å². The molecule has 1 fully saturated rings.